The van der Waals surface area contributed by atoms with Crippen LogP contribution >= 0.6 is 0 Å². The van der Waals surface area contributed by atoms with Gasteiger partial charge >= 0.3 is 11.7 Å². The molecule has 0 aliphatic carbocycles. The lowest BCUT2D eigenvalue weighted by atomic mass is 10.1. The largest absolute Gasteiger partial charge is 0.507 e. The van der Waals surface area contributed by atoms with Gasteiger partial charge in [0.15, 0.2) is 5.82 Å². The van der Waals surface area contributed by atoms with Crippen LogP contribution in [0.15, 0.2) is 41.2 Å². The summed E-state index contributed by atoms with van der Waals surface area (Å²) in [5, 5.41) is 34.5. The van der Waals surface area contributed by atoms with Crippen molar-refractivity contribution >= 4 is 5.97 Å². The molecule has 24 heavy (non-hydrogen) atoms. The lowest BCUT2D eigenvalue weighted by molar-refractivity contribution is 0.0694. The van der Waals surface area contributed by atoms with Crippen molar-refractivity contribution in [2.75, 3.05) is 0 Å². The second kappa shape index (κ2) is 5.54. The number of carboxylic acids is 1. The number of para-hydroxylation sites is 1. The Morgan fingerprint density at radius 3 is 2.54 bits per heavy atom. The summed E-state index contributed by atoms with van der Waals surface area (Å²) in [7, 11) is 0. The summed E-state index contributed by atoms with van der Waals surface area (Å²) in [4.78, 5) is 23.1. The normalized spacial score (nSPS) is 10.7. The fourth-order valence-electron chi connectivity index (χ4n) is 2.26. The van der Waals surface area contributed by atoms with Gasteiger partial charge in [0.2, 0.25) is 0 Å². The first kappa shape index (κ1) is 15.3. The van der Waals surface area contributed by atoms with Gasteiger partial charge in [-0.05, 0) is 18.2 Å². The smallest absolute Gasteiger partial charge is 0.348 e. The van der Waals surface area contributed by atoms with Gasteiger partial charge in [-0.2, -0.15) is 5.10 Å². The van der Waals surface area contributed by atoms with E-state index in [-0.39, 0.29) is 17.1 Å². The second-order valence-electron chi connectivity index (χ2n) is 4.83. The standard InChI is InChI=1S/C15H10FN3O5/c16-9-3-1-2-4-10(9)19-13(17-18-15(19)24)7-5-8(14(22)23)12(21)6-11(7)20/h1-6,20-21H,(H,18,24)(H,22,23). The van der Waals surface area contributed by atoms with E-state index in [0.717, 1.165) is 22.8 Å². The number of halogens is 1. The predicted molar refractivity (Wildman–Crippen MR) is 79.9 cm³/mol. The Morgan fingerprint density at radius 1 is 1.17 bits per heavy atom. The Hall–Kier alpha value is -3.62. The van der Waals surface area contributed by atoms with Crippen molar-refractivity contribution in [1.82, 2.24) is 14.8 Å². The van der Waals surface area contributed by atoms with E-state index in [2.05, 4.69) is 10.2 Å². The summed E-state index contributed by atoms with van der Waals surface area (Å²) >= 11 is 0. The van der Waals surface area contributed by atoms with Gasteiger partial charge in [0.05, 0.1) is 11.3 Å². The Morgan fingerprint density at radius 2 is 1.88 bits per heavy atom. The van der Waals surface area contributed by atoms with Crippen LogP contribution in [0.5, 0.6) is 11.5 Å². The molecule has 0 aliphatic heterocycles. The number of phenolic OH excluding ortho intramolecular Hbond substituents is 1. The molecule has 0 amide bonds. The molecule has 0 saturated heterocycles. The maximum atomic E-state index is 14.0. The molecule has 0 bridgehead atoms. The average Bonchev–Trinajstić information content (AvgIpc) is 2.89. The number of phenols is 2. The fraction of sp³-hybridized carbons (Fsp3) is 0. The molecule has 3 rings (SSSR count). The van der Waals surface area contributed by atoms with Crippen LogP contribution in [0.3, 0.4) is 0 Å². The van der Waals surface area contributed by atoms with Gasteiger partial charge in [-0.3, -0.25) is 0 Å². The molecule has 0 radical (unpaired) electrons. The quantitative estimate of drug-likeness (QED) is 0.575. The summed E-state index contributed by atoms with van der Waals surface area (Å²) in [6.07, 6.45) is 0. The van der Waals surface area contributed by atoms with Crippen LogP contribution in [-0.4, -0.2) is 36.1 Å². The third-order valence-electron chi connectivity index (χ3n) is 3.35. The molecule has 1 aromatic heterocycles. The predicted octanol–water partition coefficient (Wildman–Crippen LogP) is 1.48. The molecule has 0 fully saturated rings. The summed E-state index contributed by atoms with van der Waals surface area (Å²) in [6, 6.07) is 7.15. The molecule has 4 N–H and O–H groups in total. The molecule has 1 heterocycles. The number of hydrogen-bond acceptors (Lipinski definition) is 5. The number of aromatic hydroxyl groups is 2. The van der Waals surface area contributed by atoms with Crippen molar-refractivity contribution < 1.29 is 24.5 Å². The van der Waals surface area contributed by atoms with E-state index >= 15 is 0 Å². The first-order valence-corrected chi connectivity index (χ1v) is 6.62. The van der Waals surface area contributed by atoms with Crippen molar-refractivity contribution in [1.29, 1.82) is 0 Å². The second-order valence-corrected chi connectivity index (χ2v) is 4.83. The topological polar surface area (TPSA) is 128 Å². The number of rotatable bonds is 3. The van der Waals surface area contributed by atoms with Gasteiger partial charge in [0.1, 0.15) is 22.9 Å². The number of carboxylic acid groups (broad SMARTS) is 1. The molecule has 3 aromatic rings. The van der Waals surface area contributed by atoms with Crippen LogP contribution in [0, 0.1) is 5.82 Å². The van der Waals surface area contributed by atoms with Gasteiger partial charge in [0, 0.05) is 6.07 Å². The zero-order valence-electron chi connectivity index (χ0n) is 11.9. The number of aromatic nitrogens is 3. The Labute approximate surface area is 133 Å². The number of nitrogens with one attached hydrogen (secondary N) is 1. The number of carbonyl (C=O) groups is 1. The SMILES string of the molecule is O=C(O)c1cc(-c2n[nH]c(=O)n2-c2ccccc2F)c(O)cc1O. The number of H-pyrrole nitrogens is 1. The highest BCUT2D eigenvalue weighted by Crippen LogP contribution is 2.34. The zero-order valence-corrected chi connectivity index (χ0v) is 11.9. The minimum absolute atomic E-state index is 0.129. The van der Waals surface area contributed by atoms with E-state index in [9.17, 15) is 24.2 Å². The number of nitrogens with zero attached hydrogens (tertiary/aromatic N) is 2. The summed E-state index contributed by atoms with van der Waals surface area (Å²) in [5.41, 5.74) is -1.57. The fourth-order valence-corrected chi connectivity index (χ4v) is 2.26. The van der Waals surface area contributed by atoms with E-state index in [0.29, 0.717) is 0 Å². The Kier molecular flexibility index (Phi) is 3.53. The number of hydrogen-bond donors (Lipinski definition) is 4. The summed E-state index contributed by atoms with van der Waals surface area (Å²) < 4.78 is 14.9. The highest BCUT2D eigenvalue weighted by Gasteiger charge is 2.21. The van der Waals surface area contributed by atoms with E-state index in [1.54, 1.807) is 0 Å². The van der Waals surface area contributed by atoms with Crippen molar-refractivity contribution in [2.24, 2.45) is 0 Å². The van der Waals surface area contributed by atoms with Crippen LogP contribution < -0.4 is 5.69 Å². The van der Waals surface area contributed by atoms with Gasteiger partial charge in [0.25, 0.3) is 0 Å². The molecule has 0 aliphatic rings. The molecule has 8 nitrogen and oxygen atoms in total. The van der Waals surface area contributed by atoms with Gasteiger partial charge < -0.3 is 15.3 Å². The van der Waals surface area contributed by atoms with E-state index in [1.807, 2.05) is 0 Å². The minimum atomic E-state index is -1.44. The van der Waals surface area contributed by atoms with Crippen molar-refractivity contribution in [3.8, 4) is 28.6 Å². The monoisotopic (exact) mass is 331 g/mol. The summed E-state index contributed by atoms with van der Waals surface area (Å²) in [5.74, 6) is -3.53. The van der Waals surface area contributed by atoms with Gasteiger partial charge in [-0.25, -0.2) is 23.6 Å². The van der Waals surface area contributed by atoms with Crippen molar-refractivity contribution in [3.05, 3.63) is 58.3 Å². The molecule has 0 spiro atoms. The first-order valence-electron chi connectivity index (χ1n) is 6.62. The minimum Gasteiger partial charge on any atom is -0.507 e. The highest BCUT2D eigenvalue weighted by atomic mass is 19.1. The van der Waals surface area contributed by atoms with Gasteiger partial charge in [-0.15, -0.1) is 0 Å². The molecule has 9 heteroatoms. The third kappa shape index (κ3) is 2.37. The number of benzene rings is 2. The van der Waals surface area contributed by atoms with E-state index < -0.39 is 34.5 Å². The zero-order chi connectivity index (χ0) is 17.4. The molecular formula is C15H10FN3O5. The van der Waals surface area contributed by atoms with E-state index in [4.69, 9.17) is 5.11 Å². The van der Waals surface area contributed by atoms with Crippen molar-refractivity contribution in [3.63, 3.8) is 0 Å². The number of aromatic amines is 1. The van der Waals surface area contributed by atoms with Crippen molar-refractivity contribution in [2.45, 2.75) is 0 Å². The lowest BCUT2D eigenvalue weighted by Crippen LogP contribution is -2.17. The molecular weight excluding hydrogens is 321 g/mol. The summed E-state index contributed by atoms with van der Waals surface area (Å²) in [6.45, 7) is 0. The molecule has 2 aromatic carbocycles. The maximum absolute atomic E-state index is 14.0. The lowest BCUT2D eigenvalue weighted by Gasteiger charge is -2.10. The Bertz CT molecular complexity index is 1010. The molecule has 0 atom stereocenters. The van der Waals surface area contributed by atoms with Crippen LogP contribution in [0.25, 0.3) is 17.1 Å². The first-order chi connectivity index (χ1) is 11.4. The number of aromatic carboxylic acids is 1. The molecule has 122 valence electrons. The third-order valence-corrected chi connectivity index (χ3v) is 3.35. The van der Waals surface area contributed by atoms with Crippen LogP contribution in [-0.2, 0) is 0 Å². The average molecular weight is 331 g/mol. The van der Waals surface area contributed by atoms with Crippen LogP contribution in [0.1, 0.15) is 10.4 Å². The highest BCUT2D eigenvalue weighted by molar-refractivity contribution is 5.93. The maximum Gasteiger partial charge on any atom is 0.348 e. The van der Waals surface area contributed by atoms with Crippen LogP contribution in [0.4, 0.5) is 4.39 Å². The Balaban J connectivity index is 2.30. The molecule has 0 unspecified atom stereocenters. The van der Waals surface area contributed by atoms with Gasteiger partial charge in [-0.1, -0.05) is 12.1 Å². The molecule has 0 saturated carbocycles. The van der Waals surface area contributed by atoms with Crippen LogP contribution in [0.2, 0.25) is 0 Å². The van der Waals surface area contributed by atoms with E-state index in [1.165, 1.54) is 18.2 Å².